The molecule has 7 aromatic carbocycles. The maximum absolute atomic E-state index is 2.39. The summed E-state index contributed by atoms with van der Waals surface area (Å²) in [6, 6.07) is 59.9. The van der Waals surface area contributed by atoms with E-state index in [-0.39, 0.29) is 5.41 Å². The van der Waals surface area contributed by atoms with Crippen LogP contribution in [0.2, 0.25) is 0 Å². The van der Waals surface area contributed by atoms with Crippen LogP contribution in [0.1, 0.15) is 36.1 Å². The summed E-state index contributed by atoms with van der Waals surface area (Å²) in [6.07, 6.45) is 0. The second-order valence-corrected chi connectivity index (χ2v) is 13.5. The molecule has 1 aliphatic carbocycles. The lowest BCUT2D eigenvalue weighted by molar-refractivity contribution is 0.660. The van der Waals surface area contributed by atoms with Gasteiger partial charge in [0.2, 0.25) is 0 Å². The molecule has 8 rings (SSSR count). The van der Waals surface area contributed by atoms with Crippen molar-refractivity contribution in [1.82, 2.24) is 0 Å². The zero-order chi connectivity index (χ0) is 32.8. The van der Waals surface area contributed by atoms with Gasteiger partial charge in [0.05, 0.1) is 0 Å². The van der Waals surface area contributed by atoms with E-state index in [0.29, 0.717) is 0 Å². The molecule has 232 valence electrons. The highest BCUT2D eigenvalue weighted by molar-refractivity contribution is 5.87. The average molecular weight is 618 g/mol. The Labute approximate surface area is 284 Å². The summed E-state index contributed by atoms with van der Waals surface area (Å²) in [7, 11) is 0. The van der Waals surface area contributed by atoms with Gasteiger partial charge in [0.15, 0.2) is 0 Å². The first kappa shape index (κ1) is 29.7. The third kappa shape index (κ3) is 5.13. The predicted octanol–water partition coefficient (Wildman–Crippen LogP) is 13.1. The second kappa shape index (κ2) is 11.9. The van der Waals surface area contributed by atoms with Crippen LogP contribution in [0.25, 0.3) is 44.5 Å². The summed E-state index contributed by atoms with van der Waals surface area (Å²) < 4.78 is 0. The van der Waals surface area contributed by atoms with Crippen LogP contribution >= 0.6 is 0 Å². The molecule has 0 atom stereocenters. The van der Waals surface area contributed by atoms with Crippen molar-refractivity contribution in [3.8, 4) is 44.5 Å². The largest absolute Gasteiger partial charge is 0.310 e. The number of aryl methyl sites for hydroxylation is 2. The van der Waals surface area contributed by atoms with Crippen molar-refractivity contribution in [2.45, 2.75) is 33.1 Å². The Balaban J connectivity index is 1.20. The molecule has 0 bridgehead atoms. The number of rotatable bonds is 6. The van der Waals surface area contributed by atoms with Crippen LogP contribution in [0.5, 0.6) is 0 Å². The third-order valence-corrected chi connectivity index (χ3v) is 10.2. The number of fused-ring (bicyclic) bond motifs is 3. The van der Waals surface area contributed by atoms with Crippen LogP contribution in [0, 0.1) is 13.8 Å². The molecule has 0 radical (unpaired) electrons. The number of hydrogen-bond donors (Lipinski definition) is 0. The number of hydrogen-bond acceptors (Lipinski definition) is 1. The van der Waals surface area contributed by atoms with E-state index in [1.165, 1.54) is 66.8 Å². The van der Waals surface area contributed by atoms with E-state index in [1.54, 1.807) is 0 Å². The molecule has 0 aliphatic heterocycles. The normalized spacial score (nSPS) is 12.8. The second-order valence-electron chi connectivity index (χ2n) is 13.5. The van der Waals surface area contributed by atoms with Crippen molar-refractivity contribution >= 4 is 17.1 Å². The van der Waals surface area contributed by atoms with Crippen molar-refractivity contribution in [1.29, 1.82) is 0 Å². The van der Waals surface area contributed by atoms with Crippen molar-refractivity contribution in [2.24, 2.45) is 0 Å². The molecule has 1 nitrogen and oxygen atoms in total. The van der Waals surface area contributed by atoms with Gasteiger partial charge in [-0.1, -0.05) is 141 Å². The van der Waals surface area contributed by atoms with Gasteiger partial charge in [-0.3, -0.25) is 0 Å². The highest BCUT2D eigenvalue weighted by Crippen LogP contribution is 2.50. The molecule has 48 heavy (non-hydrogen) atoms. The highest BCUT2D eigenvalue weighted by atomic mass is 15.1. The number of benzene rings is 7. The zero-order valence-electron chi connectivity index (χ0n) is 28.0. The topological polar surface area (TPSA) is 3.24 Å². The van der Waals surface area contributed by atoms with E-state index in [1.807, 2.05) is 0 Å². The van der Waals surface area contributed by atoms with E-state index in [0.717, 1.165) is 17.1 Å². The van der Waals surface area contributed by atoms with Gasteiger partial charge in [-0.15, -0.1) is 0 Å². The molecular formula is C47H39N. The molecule has 0 unspecified atom stereocenters. The van der Waals surface area contributed by atoms with Gasteiger partial charge in [-0.2, -0.15) is 0 Å². The molecule has 0 fully saturated rings. The minimum absolute atomic E-state index is 0.0266. The molecule has 0 amide bonds. The molecule has 0 heterocycles. The first-order chi connectivity index (χ1) is 23.4. The van der Waals surface area contributed by atoms with Gasteiger partial charge in [0.25, 0.3) is 0 Å². The monoisotopic (exact) mass is 617 g/mol. The van der Waals surface area contributed by atoms with Crippen LogP contribution in [0.3, 0.4) is 0 Å². The molecule has 0 spiro atoms. The minimum atomic E-state index is -0.0266. The molecule has 7 aromatic rings. The molecule has 0 saturated carbocycles. The van der Waals surface area contributed by atoms with Gasteiger partial charge in [0.1, 0.15) is 0 Å². The fourth-order valence-electron chi connectivity index (χ4n) is 7.55. The number of anilines is 3. The van der Waals surface area contributed by atoms with E-state index in [2.05, 4.69) is 196 Å². The SMILES string of the molecule is Cc1ccccc1-c1ccc(-c2ccc(N(c3ccc(-c4ccccc4)cc3)c3ccc4c(c3)-c3ccccc3C4(C)C)cc2)cc1C. The highest BCUT2D eigenvalue weighted by Gasteiger charge is 2.35. The summed E-state index contributed by atoms with van der Waals surface area (Å²) in [5.41, 5.74) is 18.9. The molecule has 0 aromatic heterocycles. The van der Waals surface area contributed by atoms with E-state index < -0.39 is 0 Å². The number of nitrogens with zero attached hydrogens (tertiary/aromatic N) is 1. The summed E-state index contributed by atoms with van der Waals surface area (Å²) in [6.45, 7) is 9.08. The van der Waals surface area contributed by atoms with Crippen molar-refractivity contribution in [3.05, 3.63) is 186 Å². The van der Waals surface area contributed by atoms with Crippen LogP contribution in [-0.2, 0) is 5.41 Å². The summed E-state index contributed by atoms with van der Waals surface area (Å²) in [4.78, 5) is 2.39. The minimum Gasteiger partial charge on any atom is -0.310 e. The first-order valence-electron chi connectivity index (χ1n) is 16.9. The lowest BCUT2D eigenvalue weighted by Crippen LogP contribution is -2.15. The maximum Gasteiger partial charge on any atom is 0.0468 e. The van der Waals surface area contributed by atoms with Crippen LogP contribution in [0.15, 0.2) is 164 Å². The Hall–Kier alpha value is -5.66. The Bertz CT molecular complexity index is 2260. The summed E-state index contributed by atoms with van der Waals surface area (Å²) in [5.74, 6) is 0. The van der Waals surface area contributed by atoms with Gasteiger partial charge >= 0.3 is 0 Å². The lowest BCUT2D eigenvalue weighted by Gasteiger charge is -2.27. The van der Waals surface area contributed by atoms with E-state index in [9.17, 15) is 0 Å². The average Bonchev–Trinajstić information content (AvgIpc) is 3.35. The van der Waals surface area contributed by atoms with Gasteiger partial charge in [-0.25, -0.2) is 0 Å². The first-order valence-corrected chi connectivity index (χ1v) is 16.9. The maximum atomic E-state index is 2.39. The van der Waals surface area contributed by atoms with Crippen molar-refractivity contribution < 1.29 is 0 Å². The zero-order valence-corrected chi connectivity index (χ0v) is 28.0. The van der Waals surface area contributed by atoms with Crippen molar-refractivity contribution in [3.63, 3.8) is 0 Å². The van der Waals surface area contributed by atoms with E-state index in [4.69, 9.17) is 0 Å². The molecule has 0 saturated heterocycles. The van der Waals surface area contributed by atoms with Crippen LogP contribution in [-0.4, -0.2) is 0 Å². The standard InChI is InChI=1S/C47H39N/c1-32-12-8-9-15-41(32)42-28-22-37(30-33(42)2)36-20-25-39(26-21-36)48(38-23-18-35(19-24-38)34-13-6-5-7-14-34)40-27-29-46-44(31-40)43-16-10-11-17-45(43)47(46,3)4/h5-31H,1-4H3. The van der Waals surface area contributed by atoms with Crippen LogP contribution < -0.4 is 4.90 Å². The smallest absolute Gasteiger partial charge is 0.0468 e. The Morgan fingerprint density at radius 3 is 1.52 bits per heavy atom. The molecule has 1 heteroatoms. The Morgan fingerprint density at radius 2 is 0.854 bits per heavy atom. The quantitative estimate of drug-likeness (QED) is 0.179. The van der Waals surface area contributed by atoms with Gasteiger partial charge < -0.3 is 4.90 Å². The summed E-state index contributed by atoms with van der Waals surface area (Å²) >= 11 is 0. The lowest BCUT2D eigenvalue weighted by atomic mass is 9.82. The molecule has 0 N–H and O–H groups in total. The Kier molecular flexibility index (Phi) is 7.34. The predicted molar refractivity (Wildman–Crippen MR) is 204 cm³/mol. The fraction of sp³-hybridized carbons (Fsp3) is 0.106. The molecule has 1 aliphatic rings. The third-order valence-electron chi connectivity index (χ3n) is 10.2. The van der Waals surface area contributed by atoms with Gasteiger partial charge in [-0.05, 0) is 117 Å². The fourth-order valence-corrected chi connectivity index (χ4v) is 7.55. The van der Waals surface area contributed by atoms with Crippen LogP contribution in [0.4, 0.5) is 17.1 Å². The summed E-state index contributed by atoms with van der Waals surface area (Å²) in [5, 5.41) is 0. The Morgan fingerprint density at radius 1 is 0.354 bits per heavy atom. The molecular weight excluding hydrogens is 579 g/mol. The van der Waals surface area contributed by atoms with Gasteiger partial charge in [0, 0.05) is 22.5 Å². The van der Waals surface area contributed by atoms with E-state index >= 15 is 0 Å². The van der Waals surface area contributed by atoms with Crippen molar-refractivity contribution in [2.75, 3.05) is 4.90 Å².